The summed E-state index contributed by atoms with van der Waals surface area (Å²) in [5.74, 6) is -0.170. The van der Waals surface area contributed by atoms with Gasteiger partial charge < -0.3 is 10.6 Å². The first kappa shape index (κ1) is 15.9. The molecule has 0 bridgehead atoms. The maximum atomic E-state index is 13.5. The lowest BCUT2D eigenvalue weighted by Crippen LogP contribution is -2.44. The van der Waals surface area contributed by atoms with E-state index in [1.807, 2.05) is 20.0 Å². The molecule has 2 unspecified atom stereocenters. The zero-order valence-electron chi connectivity index (χ0n) is 12.8. The molecule has 0 saturated carbocycles. The van der Waals surface area contributed by atoms with Crippen LogP contribution >= 0.6 is 0 Å². The van der Waals surface area contributed by atoms with Gasteiger partial charge in [-0.25, -0.2) is 4.39 Å². The van der Waals surface area contributed by atoms with Gasteiger partial charge in [0.25, 0.3) is 0 Å². The summed E-state index contributed by atoms with van der Waals surface area (Å²) < 4.78 is 13.5. The Labute approximate surface area is 125 Å². The molecule has 0 aromatic heterocycles. The molecule has 1 heterocycles. The van der Waals surface area contributed by atoms with Gasteiger partial charge in [0.05, 0.1) is 12.6 Å². The van der Waals surface area contributed by atoms with Crippen LogP contribution in [0.2, 0.25) is 0 Å². The van der Waals surface area contributed by atoms with E-state index in [9.17, 15) is 9.18 Å². The Morgan fingerprint density at radius 3 is 2.81 bits per heavy atom. The number of halogens is 1. The number of amides is 1. The standard InChI is InChI=1S/C16H24FN3O/c1-3-14(18)16(12-6-4-7-13(17)10-12)20-9-5-8-19(2)15(21)11-20/h4,6-7,10,14,16H,3,5,8-9,11,18H2,1-2H3. The van der Waals surface area contributed by atoms with Gasteiger partial charge >= 0.3 is 0 Å². The van der Waals surface area contributed by atoms with Crippen LogP contribution in [0.25, 0.3) is 0 Å². The maximum absolute atomic E-state index is 13.5. The first-order valence-corrected chi connectivity index (χ1v) is 7.52. The smallest absolute Gasteiger partial charge is 0.236 e. The van der Waals surface area contributed by atoms with Gasteiger partial charge in [-0.1, -0.05) is 19.1 Å². The number of carbonyl (C=O) groups excluding carboxylic acids is 1. The predicted octanol–water partition coefficient (Wildman–Crippen LogP) is 1.77. The lowest BCUT2D eigenvalue weighted by atomic mass is 9.96. The molecule has 2 atom stereocenters. The van der Waals surface area contributed by atoms with Gasteiger partial charge in [0, 0.05) is 26.2 Å². The van der Waals surface area contributed by atoms with Crippen molar-refractivity contribution < 1.29 is 9.18 Å². The number of likely N-dealkylation sites (N-methyl/N-ethyl adjacent to an activating group) is 1. The van der Waals surface area contributed by atoms with E-state index in [1.54, 1.807) is 11.0 Å². The molecule has 1 aromatic carbocycles. The summed E-state index contributed by atoms with van der Waals surface area (Å²) in [5.41, 5.74) is 7.12. The van der Waals surface area contributed by atoms with Crippen LogP contribution in [0.3, 0.4) is 0 Å². The largest absolute Gasteiger partial charge is 0.345 e. The normalized spacial score (nSPS) is 20.2. The zero-order valence-corrected chi connectivity index (χ0v) is 12.8. The lowest BCUT2D eigenvalue weighted by molar-refractivity contribution is -0.130. The van der Waals surface area contributed by atoms with Crippen LogP contribution in [0.1, 0.15) is 31.4 Å². The topological polar surface area (TPSA) is 49.6 Å². The lowest BCUT2D eigenvalue weighted by Gasteiger charge is -2.34. The van der Waals surface area contributed by atoms with Crippen molar-refractivity contribution in [2.24, 2.45) is 5.73 Å². The third kappa shape index (κ3) is 3.80. The SMILES string of the molecule is CCC(N)C(c1cccc(F)c1)N1CCCN(C)C(=O)C1. The summed E-state index contributed by atoms with van der Waals surface area (Å²) in [4.78, 5) is 15.9. The first-order chi connectivity index (χ1) is 10.0. The highest BCUT2D eigenvalue weighted by atomic mass is 19.1. The summed E-state index contributed by atoms with van der Waals surface area (Å²) in [5, 5.41) is 0. The van der Waals surface area contributed by atoms with Crippen molar-refractivity contribution in [3.8, 4) is 0 Å². The quantitative estimate of drug-likeness (QED) is 0.920. The molecular weight excluding hydrogens is 269 g/mol. The molecule has 1 aliphatic heterocycles. The molecule has 21 heavy (non-hydrogen) atoms. The summed E-state index contributed by atoms with van der Waals surface area (Å²) in [6.45, 7) is 3.91. The number of hydrogen-bond acceptors (Lipinski definition) is 3. The second-order valence-corrected chi connectivity index (χ2v) is 5.71. The van der Waals surface area contributed by atoms with Crippen LogP contribution in [0, 0.1) is 5.82 Å². The number of hydrogen-bond donors (Lipinski definition) is 1. The Hall–Kier alpha value is -1.46. The van der Waals surface area contributed by atoms with Gasteiger partial charge in [-0.3, -0.25) is 9.69 Å². The minimum atomic E-state index is -0.265. The van der Waals surface area contributed by atoms with E-state index >= 15 is 0 Å². The van der Waals surface area contributed by atoms with Gasteiger partial charge in [0.2, 0.25) is 5.91 Å². The fourth-order valence-corrected chi connectivity index (χ4v) is 2.89. The highest BCUT2D eigenvalue weighted by Crippen LogP contribution is 2.27. The second kappa shape index (κ2) is 7.00. The van der Waals surface area contributed by atoms with Crippen LogP contribution in [0.15, 0.2) is 24.3 Å². The number of nitrogens with zero attached hydrogens (tertiary/aromatic N) is 2. The Bertz CT molecular complexity index is 494. The van der Waals surface area contributed by atoms with Gasteiger partial charge in [-0.05, 0) is 30.5 Å². The van der Waals surface area contributed by atoms with Gasteiger partial charge in [-0.2, -0.15) is 0 Å². The molecule has 2 rings (SSSR count). The van der Waals surface area contributed by atoms with E-state index in [1.165, 1.54) is 12.1 Å². The van der Waals surface area contributed by atoms with Crippen molar-refractivity contribution in [3.63, 3.8) is 0 Å². The number of benzene rings is 1. The Morgan fingerprint density at radius 2 is 2.14 bits per heavy atom. The molecule has 2 N–H and O–H groups in total. The van der Waals surface area contributed by atoms with E-state index in [0.29, 0.717) is 6.54 Å². The molecule has 0 radical (unpaired) electrons. The number of nitrogens with two attached hydrogens (primary N) is 1. The summed E-state index contributed by atoms with van der Waals surface area (Å²) in [6, 6.07) is 6.30. The Kier molecular flexibility index (Phi) is 5.31. The molecule has 0 spiro atoms. The minimum absolute atomic E-state index is 0.0946. The molecule has 1 aliphatic rings. The third-order valence-corrected chi connectivity index (χ3v) is 4.16. The van der Waals surface area contributed by atoms with E-state index in [2.05, 4.69) is 4.90 Å². The third-order valence-electron chi connectivity index (χ3n) is 4.16. The molecule has 0 aliphatic carbocycles. The van der Waals surface area contributed by atoms with Gasteiger partial charge in [0.1, 0.15) is 5.82 Å². The van der Waals surface area contributed by atoms with E-state index in [-0.39, 0.29) is 23.8 Å². The van der Waals surface area contributed by atoms with Crippen LogP contribution < -0.4 is 5.73 Å². The summed E-state index contributed by atoms with van der Waals surface area (Å²) in [7, 11) is 1.82. The minimum Gasteiger partial charge on any atom is -0.345 e. The second-order valence-electron chi connectivity index (χ2n) is 5.71. The molecule has 1 aromatic rings. The van der Waals surface area contributed by atoms with E-state index in [0.717, 1.165) is 31.5 Å². The summed E-state index contributed by atoms with van der Waals surface area (Å²) in [6.07, 6.45) is 1.69. The fraction of sp³-hybridized carbons (Fsp3) is 0.562. The highest BCUT2D eigenvalue weighted by molar-refractivity contribution is 5.78. The zero-order chi connectivity index (χ0) is 15.4. The Balaban J connectivity index is 2.29. The molecular formula is C16H24FN3O. The Morgan fingerprint density at radius 1 is 1.38 bits per heavy atom. The molecule has 5 heteroatoms. The summed E-state index contributed by atoms with van der Waals surface area (Å²) >= 11 is 0. The van der Waals surface area contributed by atoms with Crippen molar-refractivity contribution in [3.05, 3.63) is 35.6 Å². The number of rotatable bonds is 4. The molecule has 116 valence electrons. The average molecular weight is 293 g/mol. The molecule has 1 saturated heterocycles. The predicted molar refractivity (Wildman–Crippen MR) is 81.2 cm³/mol. The maximum Gasteiger partial charge on any atom is 0.236 e. The van der Waals surface area contributed by atoms with E-state index < -0.39 is 0 Å². The molecule has 4 nitrogen and oxygen atoms in total. The van der Waals surface area contributed by atoms with Crippen molar-refractivity contribution in [2.75, 3.05) is 26.7 Å². The van der Waals surface area contributed by atoms with Crippen molar-refractivity contribution in [1.29, 1.82) is 0 Å². The van der Waals surface area contributed by atoms with Crippen molar-refractivity contribution in [1.82, 2.24) is 9.80 Å². The fourth-order valence-electron chi connectivity index (χ4n) is 2.89. The monoisotopic (exact) mass is 293 g/mol. The van der Waals surface area contributed by atoms with Crippen LogP contribution in [-0.4, -0.2) is 48.4 Å². The molecule has 1 fully saturated rings. The van der Waals surface area contributed by atoms with Gasteiger partial charge in [0.15, 0.2) is 0 Å². The number of carbonyl (C=O) groups is 1. The van der Waals surface area contributed by atoms with Gasteiger partial charge in [-0.15, -0.1) is 0 Å². The van der Waals surface area contributed by atoms with E-state index in [4.69, 9.17) is 5.73 Å². The van der Waals surface area contributed by atoms with Crippen LogP contribution in [0.4, 0.5) is 4.39 Å². The van der Waals surface area contributed by atoms with Crippen LogP contribution in [0.5, 0.6) is 0 Å². The van der Waals surface area contributed by atoms with Crippen molar-refractivity contribution >= 4 is 5.91 Å². The molecule has 1 amide bonds. The highest BCUT2D eigenvalue weighted by Gasteiger charge is 2.30. The van der Waals surface area contributed by atoms with Crippen molar-refractivity contribution in [2.45, 2.75) is 31.8 Å². The first-order valence-electron chi connectivity index (χ1n) is 7.52. The van der Waals surface area contributed by atoms with Crippen LogP contribution in [-0.2, 0) is 4.79 Å². The average Bonchev–Trinajstić information content (AvgIpc) is 2.61.